The van der Waals surface area contributed by atoms with Gasteiger partial charge in [-0.15, -0.1) is 0 Å². The Balaban J connectivity index is 3.14. The lowest BCUT2D eigenvalue weighted by atomic mass is 10.2. The Hall–Kier alpha value is -1.34. The van der Waals surface area contributed by atoms with E-state index in [0.717, 1.165) is 11.3 Å². The first kappa shape index (κ1) is 28.7. The van der Waals surface area contributed by atoms with Crippen LogP contribution in [0.1, 0.15) is 88.6 Å². The minimum Gasteiger partial charge on any atom is -0.543 e. The Kier molecular flexibility index (Phi) is 10.5. The van der Waals surface area contributed by atoms with Crippen molar-refractivity contribution in [3.63, 3.8) is 0 Å². The predicted octanol–water partition coefficient (Wildman–Crippen LogP) is 8.97. The van der Waals surface area contributed by atoms with Gasteiger partial charge in [-0.3, -0.25) is 0 Å². The van der Waals surface area contributed by atoms with Crippen molar-refractivity contribution >= 4 is 28.7 Å². The Labute approximate surface area is 200 Å². The molecule has 0 fully saturated rings. The van der Waals surface area contributed by atoms with E-state index in [9.17, 15) is 4.79 Å². The maximum atomic E-state index is 12.8. The number of carbonyl (C=O) groups excluding carboxylic acids is 1. The molecule has 0 unspecified atom stereocenters. The number of benzene rings is 1. The van der Waals surface area contributed by atoms with Crippen LogP contribution < -0.4 is 4.43 Å². The van der Waals surface area contributed by atoms with E-state index in [1.165, 1.54) is 0 Å². The summed E-state index contributed by atoms with van der Waals surface area (Å²) < 4.78 is 13.0. The molecule has 0 N–H and O–H groups in total. The van der Waals surface area contributed by atoms with Crippen LogP contribution in [0.2, 0.25) is 33.2 Å². The van der Waals surface area contributed by atoms with Gasteiger partial charge in [0.15, 0.2) is 0 Å². The largest absolute Gasteiger partial charge is 0.543 e. The van der Waals surface area contributed by atoms with Crippen LogP contribution in [0.5, 0.6) is 5.75 Å². The summed E-state index contributed by atoms with van der Waals surface area (Å²) in [6, 6.07) is 8.11. The van der Waals surface area contributed by atoms with Gasteiger partial charge in [-0.2, -0.15) is 0 Å². The van der Waals surface area contributed by atoms with Gasteiger partial charge in [0.05, 0.1) is 0 Å². The second kappa shape index (κ2) is 11.7. The number of hydrogen-bond donors (Lipinski definition) is 0. The lowest BCUT2D eigenvalue weighted by Gasteiger charge is -2.42. The molecule has 1 rings (SSSR count). The van der Waals surface area contributed by atoms with E-state index in [1.807, 2.05) is 24.3 Å². The highest BCUT2D eigenvalue weighted by Crippen LogP contribution is 2.43. The third-order valence-corrected chi connectivity index (χ3v) is 19.2. The Morgan fingerprint density at radius 1 is 0.719 bits per heavy atom. The lowest BCUT2D eigenvalue weighted by molar-refractivity contribution is -0.130. The monoisotopic (exact) mass is 476 g/mol. The zero-order valence-corrected chi connectivity index (χ0v) is 24.7. The standard InChI is InChI=1S/C27H48O3Si2/c1-19(2)31(20(3)4,21(5)6)29-26-15-13-14-25(18-26)16-17-27(28)30-32(22(7)8,23(9)10)24(11)12/h13-24H,1-12H3. The van der Waals surface area contributed by atoms with Gasteiger partial charge in [0, 0.05) is 6.08 Å². The van der Waals surface area contributed by atoms with Gasteiger partial charge in [-0.05, 0) is 57.0 Å². The molecule has 0 aromatic heterocycles. The van der Waals surface area contributed by atoms with Gasteiger partial charge >= 0.3 is 5.97 Å². The summed E-state index contributed by atoms with van der Waals surface area (Å²) >= 11 is 0. The van der Waals surface area contributed by atoms with E-state index in [4.69, 9.17) is 8.85 Å². The first-order chi connectivity index (χ1) is 14.7. The molecule has 0 aliphatic carbocycles. The van der Waals surface area contributed by atoms with Gasteiger partial charge in [0.2, 0.25) is 0 Å². The average Bonchev–Trinajstić information content (AvgIpc) is 2.67. The molecule has 32 heavy (non-hydrogen) atoms. The molecule has 0 aliphatic heterocycles. The Morgan fingerprint density at radius 2 is 1.16 bits per heavy atom. The van der Waals surface area contributed by atoms with Crippen LogP contribution in [-0.4, -0.2) is 22.6 Å². The minimum absolute atomic E-state index is 0.227. The molecule has 0 heterocycles. The van der Waals surface area contributed by atoms with Crippen molar-refractivity contribution in [1.82, 2.24) is 0 Å². The molecule has 0 amide bonds. The molecule has 0 aliphatic rings. The number of hydrogen-bond acceptors (Lipinski definition) is 3. The highest BCUT2D eigenvalue weighted by Gasteiger charge is 2.48. The second-order valence-electron chi connectivity index (χ2n) is 11.1. The Bertz CT molecular complexity index is 720. The average molecular weight is 477 g/mol. The minimum atomic E-state index is -2.23. The highest BCUT2D eigenvalue weighted by molar-refractivity contribution is 6.79. The van der Waals surface area contributed by atoms with Crippen LogP contribution in [0.3, 0.4) is 0 Å². The van der Waals surface area contributed by atoms with Crippen LogP contribution in [0.25, 0.3) is 6.08 Å². The van der Waals surface area contributed by atoms with Gasteiger partial charge in [-0.25, -0.2) is 4.79 Å². The quantitative estimate of drug-likeness (QED) is 0.236. The third kappa shape index (κ3) is 6.16. The first-order valence-electron chi connectivity index (χ1n) is 12.4. The summed E-state index contributed by atoms with van der Waals surface area (Å²) in [4.78, 5) is 12.8. The highest BCUT2D eigenvalue weighted by atomic mass is 28.4. The van der Waals surface area contributed by atoms with E-state index in [-0.39, 0.29) is 5.97 Å². The summed E-state index contributed by atoms with van der Waals surface area (Å²) in [5.41, 5.74) is 3.62. The smallest absolute Gasteiger partial charge is 0.317 e. The van der Waals surface area contributed by atoms with Crippen molar-refractivity contribution in [1.29, 1.82) is 0 Å². The third-order valence-electron chi connectivity index (χ3n) is 7.26. The first-order valence-corrected chi connectivity index (χ1v) is 16.7. The molecular weight excluding hydrogens is 428 g/mol. The number of rotatable bonds is 11. The summed E-state index contributed by atoms with van der Waals surface area (Å²) in [5.74, 6) is 0.674. The fourth-order valence-corrected chi connectivity index (χ4v) is 16.3. The van der Waals surface area contributed by atoms with E-state index in [1.54, 1.807) is 6.08 Å². The molecule has 5 heteroatoms. The molecule has 0 saturated carbocycles. The van der Waals surface area contributed by atoms with Gasteiger partial charge in [0.1, 0.15) is 5.75 Å². The molecule has 0 saturated heterocycles. The molecule has 1 aromatic carbocycles. The normalized spacial score (nSPS) is 13.4. The molecule has 0 atom stereocenters. The van der Waals surface area contributed by atoms with Gasteiger partial charge in [0.25, 0.3) is 16.6 Å². The van der Waals surface area contributed by atoms with E-state index >= 15 is 0 Å². The van der Waals surface area contributed by atoms with Crippen molar-refractivity contribution in [2.24, 2.45) is 0 Å². The maximum Gasteiger partial charge on any atom is 0.317 e. The molecule has 0 spiro atoms. The van der Waals surface area contributed by atoms with Crippen molar-refractivity contribution in [3.8, 4) is 5.75 Å². The molecule has 1 aromatic rings. The zero-order chi connectivity index (χ0) is 24.9. The number of carbonyl (C=O) groups is 1. The second-order valence-corrected chi connectivity index (χ2v) is 21.8. The predicted molar refractivity (Wildman–Crippen MR) is 144 cm³/mol. The van der Waals surface area contributed by atoms with Crippen molar-refractivity contribution in [3.05, 3.63) is 35.9 Å². The fraction of sp³-hybridized carbons (Fsp3) is 0.667. The van der Waals surface area contributed by atoms with E-state index < -0.39 is 16.6 Å². The molecule has 0 bridgehead atoms. The SMILES string of the molecule is CC(C)[Si](OC(=O)C=Cc1cccc(O[Si](C(C)C)(C(C)C)C(C)C)c1)(C(C)C)C(C)C. The molecule has 0 radical (unpaired) electrons. The van der Waals surface area contributed by atoms with Crippen molar-refractivity contribution in [2.45, 2.75) is 116 Å². The van der Waals surface area contributed by atoms with E-state index in [0.29, 0.717) is 33.2 Å². The van der Waals surface area contributed by atoms with Crippen LogP contribution in [0, 0.1) is 0 Å². The summed E-state index contributed by atoms with van der Waals surface area (Å²) in [6.45, 7) is 26.9. The van der Waals surface area contributed by atoms with Gasteiger partial charge in [-0.1, -0.05) is 95.2 Å². The topological polar surface area (TPSA) is 35.5 Å². The summed E-state index contributed by atoms with van der Waals surface area (Å²) in [7, 11) is -4.25. The van der Waals surface area contributed by atoms with Crippen molar-refractivity contribution in [2.75, 3.05) is 0 Å². The zero-order valence-electron chi connectivity index (χ0n) is 22.7. The van der Waals surface area contributed by atoms with Crippen molar-refractivity contribution < 1.29 is 13.6 Å². The van der Waals surface area contributed by atoms with Crippen LogP contribution in [0.4, 0.5) is 0 Å². The van der Waals surface area contributed by atoms with Gasteiger partial charge < -0.3 is 8.85 Å². The van der Waals surface area contributed by atoms with Crippen LogP contribution in [0.15, 0.2) is 30.3 Å². The Morgan fingerprint density at radius 3 is 1.56 bits per heavy atom. The molecule has 3 nitrogen and oxygen atoms in total. The maximum absolute atomic E-state index is 12.8. The summed E-state index contributed by atoms with van der Waals surface area (Å²) in [6.07, 6.45) is 3.45. The lowest BCUT2D eigenvalue weighted by Crippen LogP contribution is -2.50. The molecular formula is C27H48O3Si2. The van der Waals surface area contributed by atoms with E-state index in [2.05, 4.69) is 89.2 Å². The molecule has 182 valence electrons. The summed E-state index contributed by atoms with van der Waals surface area (Å²) in [5, 5.41) is 0. The fourth-order valence-electron chi connectivity index (χ4n) is 5.97. The van der Waals surface area contributed by atoms with Crippen LogP contribution in [-0.2, 0) is 9.22 Å². The van der Waals surface area contributed by atoms with Crippen LogP contribution >= 0.6 is 0 Å².